The molecule has 0 bridgehead atoms. The highest BCUT2D eigenvalue weighted by atomic mass is 16.5. The monoisotopic (exact) mass is 246 g/mol. The summed E-state index contributed by atoms with van der Waals surface area (Å²) in [5, 5.41) is 3.31. The van der Waals surface area contributed by atoms with Crippen LogP contribution >= 0.6 is 0 Å². The number of nitrogens with one attached hydrogen (secondary N) is 2. The normalized spacial score (nSPS) is 22.7. The minimum Gasteiger partial charge on any atom is -0.408 e. The summed E-state index contributed by atoms with van der Waals surface area (Å²) in [7, 11) is 0. The van der Waals surface area contributed by atoms with E-state index in [9.17, 15) is 4.79 Å². The lowest BCUT2D eigenvalue weighted by atomic mass is 9.66. The van der Waals surface area contributed by atoms with E-state index in [2.05, 4.69) is 16.4 Å². The molecule has 1 aromatic heterocycles. The zero-order valence-corrected chi connectivity index (χ0v) is 9.86. The summed E-state index contributed by atoms with van der Waals surface area (Å²) >= 11 is 0. The quantitative estimate of drug-likeness (QED) is 0.814. The topological polar surface area (TPSA) is 67.3 Å². The van der Waals surface area contributed by atoms with Gasteiger partial charge in [-0.15, -0.1) is 0 Å². The van der Waals surface area contributed by atoms with Gasteiger partial charge >= 0.3 is 5.76 Å². The lowest BCUT2D eigenvalue weighted by molar-refractivity contribution is -0.101. The van der Waals surface area contributed by atoms with E-state index in [1.807, 2.05) is 12.1 Å². The third-order valence-corrected chi connectivity index (χ3v) is 4.28. The SMILES string of the molecule is O=c1[nH]c2cc(C3(C4CNC4)COC3)ccc2o1. The van der Waals surface area contributed by atoms with Crippen LogP contribution in [0, 0.1) is 5.92 Å². The Bertz CT molecular complexity index is 650. The van der Waals surface area contributed by atoms with Gasteiger partial charge in [-0.1, -0.05) is 6.07 Å². The predicted octanol–water partition coefficient (Wildman–Crippen LogP) is 0.608. The molecule has 0 atom stereocenters. The van der Waals surface area contributed by atoms with E-state index in [1.54, 1.807) is 0 Å². The Hall–Kier alpha value is -1.59. The molecule has 18 heavy (non-hydrogen) atoms. The number of aromatic amines is 1. The summed E-state index contributed by atoms with van der Waals surface area (Å²) in [5.74, 6) is 0.230. The zero-order chi connectivity index (χ0) is 12.2. The van der Waals surface area contributed by atoms with Crippen LogP contribution in [0.4, 0.5) is 0 Å². The first kappa shape index (κ1) is 10.3. The summed E-state index contributed by atoms with van der Waals surface area (Å²) in [5.41, 5.74) is 2.75. The number of hydrogen-bond acceptors (Lipinski definition) is 4. The Labute approximate surface area is 103 Å². The summed E-state index contributed by atoms with van der Waals surface area (Å²) in [4.78, 5) is 13.9. The Morgan fingerprint density at radius 1 is 1.28 bits per heavy atom. The molecule has 2 aliphatic rings. The number of H-pyrrole nitrogens is 1. The molecule has 0 spiro atoms. The second-order valence-corrected chi connectivity index (χ2v) is 5.23. The van der Waals surface area contributed by atoms with Gasteiger partial charge in [0.25, 0.3) is 0 Å². The van der Waals surface area contributed by atoms with Gasteiger partial charge in [-0.3, -0.25) is 4.98 Å². The van der Waals surface area contributed by atoms with Gasteiger partial charge < -0.3 is 14.5 Å². The number of ether oxygens (including phenoxy) is 1. The van der Waals surface area contributed by atoms with Crippen molar-refractivity contribution in [3.05, 3.63) is 34.3 Å². The first-order chi connectivity index (χ1) is 8.78. The van der Waals surface area contributed by atoms with Gasteiger partial charge in [-0.25, -0.2) is 4.79 Å². The maximum absolute atomic E-state index is 11.2. The third kappa shape index (κ3) is 1.26. The Kier molecular flexibility index (Phi) is 1.99. The molecule has 0 unspecified atom stereocenters. The number of fused-ring (bicyclic) bond motifs is 1. The predicted molar refractivity (Wildman–Crippen MR) is 65.7 cm³/mol. The molecule has 0 radical (unpaired) electrons. The van der Waals surface area contributed by atoms with Crippen LogP contribution in [0.1, 0.15) is 5.56 Å². The number of aromatic nitrogens is 1. The van der Waals surface area contributed by atoms with Crippen molar-refractivity contribution in [2.75, 3.05) is 26.3 Å². The molecule has 94 valence electrons. The van der Waals surface area contributed by atoms with Gasteiger partial charge in [0.15, 0.2) is 5.58 Å². The summed E-state index contributed by atoms with van der Waals surface area (Å²) in [6, 6.07) is 5.95. The Morgan fingerprint density at radius 2 is 2.11 bits per heavy atom. The van der Waals surface area contributed by atoms with E-state index in [1.165, 1.54) is 5.56 Å². The first-order valence-corrected chi connectivity index (χ1v) is 6.20. The van der Waals surface area contributed by atoms with Crippen LogP contribution < -0.4 is 11.1 Å². The van der Waals surface area contributed by atoms with Crippen molar-refractivity contribution in [3.63, 3.8) is 0 Å². The van der Waals surface area contributed by atoms with Crippen LogP contribution in [0.3, 0.4) is 0 Å². The number of oxazole rings is 1. The lowest BCUT2D eigenvalue weighted by Crippen LogP contribution is -2.62. The van der Waals surface area contributed by atoms with Crippen LogP contribution in [-0.4, -0.2) is 31.3 Å². The second kappa shape index (κ2) is 3.46. The highest BCUT2D eigenvalue weighted by Crippen LogP contribution is 2.41. The van der Waals surface area contributed by atoms with Crippen molar-refractivity contribution in [1.29, 1.82) is 0 Å². The number of hydrogen-bond donors (Lipinski definition) is 2. The molecule has 2 aliphatic heterocycles. The summed E-state index contributed by atoms with van der Waals surface area (Å²) in [6.07, 6.45) is 0. The van der Waals surface area contributed by atoms with E-state index in [-0.39, 0.29) is 5.41 Å². The summed E-state index contributed by atoms with van der Waals surface area (Å²) in [6.45, 7) is 3.63. The summed E-state index contributed by atoms with van der Waals surface area (Å²) < 4.78 is 10.5. The fourth-order valence-electron chi connectivity index (χ4n) is 2.90. The minimum atomic E-state index is -0.397. The minimum absolute atomic E-state index is 0.119. The maximum Gasteiger partial charge on any atom is 0.417 e. The van der Waals surface area contributed by atoms with Crippen LogP contribution in [0.5, 0.6) is 0 Å². The molecule has 0 amide bonds. The van der Waals surface area contributed by atoms with Gasteiger partial charge in [0.1, 0.15) is 0 Å². The number of rotatable bonds is 2. The largest absolute Gasteiger partial charge is 0.417 e. The molecule has 0 saturated carbocycles. The highest BCUT2D eigenvalue weighted by Gasteiger charge is 2.49. The van der Waals surface area contributed by atoms with E-state index in [0.29, 0.717) is 11.5 Å². The number of benzene rings is 1. The van der Waals surface area contributed by atoms with Gasteiger partial charge in [0, 0.05) is 18.5 Å². The Balaban J connectivity index is 1.82. The maximum atomic E-state index is 11.2. The van der Waals surface area contributed by atoms with Crippen molar-refractivity contribution in [2.24, 2.45) is 5.92 Å². The molecule has 5 heteroatoms. The third-order valence-electron chi connectivity index (χ3n) is 4.28. The van der Waals surface area contributed by atoms with Crippen LogP contribution in [0.2, 0.25) is 0 Å². The van der Waals surface area contributed by atoms with Crippen LogP contribution in [-0.2, 0) is 10.2 Å². The van der Waals surface area contributed by atoms with Crippen LogP contribution in [0.25, 0.3) is 11.1 Å². The molecule has 2 saturated heterocycles. The molecule has 5 nitrogen and oxygen atoms in total. The van der Waals surface area contributed by atoms with Gasteiger partial charge in [-0.05, 0) is 23.6 Å². The Morgan fingerprint density at radius 3 is 2.72 bits per heavy atom. The van der Waals surface area contributed by atoms with E-state index in [0.717, 1.165) is 31.8 Å². The average Bonchev–Trinajstić information content (AvgIpc) is 2.59. The van der Waals surface area contributed by atoms with E-state index >= 15 is 0 Å². The molecule has 2 fully saturated rings. The van der Waals surface area contributed by atoms with Crippen molar-refractivity contribution in [1.82, 2.24) is 10.3 Å². The van der Waals surface area contributed by atoms with Crippen molar-refractivity contribution in [3.8, 4) is 0 Å². The smallest absolute Gasteiger partial charge is 0.408 e. The molecule has 2 aromatic rings. The van der Waals surface area contributed by atoms with E-state index < -0.39 is 5.76 Å². The molecule has 2 N–H and O–H groups in total. The molecule has 4 rings (SSSR count). The first-order valence-electron chi connectivity index (χ1n) is 6.20. The fraction of sp³-hybridized carbons (Fsp3) is 0.462. The standard InChI is InChI=1S/C13H14N2O3/c16-12-15-10-3-8(1-2-11(10)18-12)13(6-17-7-13)9-4-14-5-9/h1-3,9,14H,4-7H2,(H,15,16). The second-order valence-electron chi connectivity index (χ2n) is 5.23. The molecular weight excluding hydrogens is 232 g/mol. The van der Waals surface area contributed by atoms with Gasteiger partial charge in [-0.2, -0.15) is 0 Å². The van der Waals surface area contributed by atoms with Crippen molar-refractivity contribution >= 4 is 11.1 Å². The van der Waals surface area contributed by atoms with E-state index in [4.69, 9.17) is 9.15 Å². The van der Waals surface area contributed by atoms with Crippen molar-refractivity contribution in [2.45, 2.75) is 5.41 Å². The molecule has 1 aromatic carbocycles. The van der Waals surface area contributed by atoms with Crippen molar-refractivity contribution < 1.29 is 9.15 Å². The highest BCUT2D eigenvalue weighted by molar-refractivity contribution is 5.73. The molecule has 3 heterocycles. The van der Waals surface area contributed by atoms with Crippen LogP contribution in [0.15, 0.2) is 27.4 Å². The fourth-order valence-corrected chi connectivity index (χ4v) is 2.90. The molecular formula is C13H14N2O3. The van der Waals surface area contributed by atoms with Gasteiger partial charge in [0.2, 0.25) is 0 Å². The average molecular weight is 246 g/mol. The molecule has 0 aliphatic carbocycles. The van der Waals surface area contributed by atoms with Gasteiger partial charge in [0.05, 0.1) is 18.7 Å². The lowest BCUT2D eigenvalue weighted by Gasteiger charge is -2.51. The zero-order valence-electron chi connectivity index (χ0n) is 9.86.